The first-order chi connectivity index (χ1) is 10.9. The van der Waals surface area contributed by atoms with E-state index < -0.39 is 0 Å². The van der Waals surface area contributed by atoms with Crippen LogP contribution >= 0.6 is 27.5 Å². The minimum Gasteiger partial charge on any atom is -0.369 e. The van der Waals surface area contributed by atoms with Gasteiger partial charge in [0.25, 0.3) is 0 Å². The molecule has 0 spiro atoms. The molecule has 0 aromatic heterocycles. The number of nitrogens with one attached hydrogen (secondary N) is 1. The lowest BCUT2D eigenvalue weighted by molar-refractivity contribution is 1.08. The lowest BCUT2D eigenvalue weighted by atomic mass is 10.2. The van der Waals surface area contributed by atoms with E-state index in [1.165, 1.54) is 0 Å². The molecule has 0 heterocycles. The summed E-state index contributed by atoms with van der Waals surface area (Å²) in [5.41, 5.74) is 10.3. The van der Waals surface area contributed by atoms with Gasteiger partial charge in [0, 0.05) is 27.9 Å². The Morgan fingerprint density at radius 2 is 1.96 bits per heavy atom. The van der Waals surface area contributed by atoms with Crippen molar-refractivity contribution in [1.29, 1.82) is 0 Å². The number of nitrogens with two attached hydrogens (primary N) is 1. The summed E-state index contributed by atoms with van der Waals surface area (Å²) in [6, 6.07) is 11.7. The predicted octanol–water partition coefficient (Wildman–Crippen LogP) is 4.54. The van der Waals surface area contributed by atoms with Crippen molar-refractivity contribution in [1.82, 2.24) is 0 Å². The van der Waals surface area contributed by atoms with E-state index in [0.29, 0.717) is 17.7 Å². The van der Waals surface area contributed by atoms with Crippen molar-refractivity contribution in [2.45, 2.75) is 13.8 Å². The number of halogens is 2. The molecular weight excluding hydrogens is 376 g/mol. The van der Waals surface area contributed by atoms with Crippen LogP contribution in [0.15, 0.2) is 45.9 Å². The molecule has 0 saturated heterocycles. The fourth-order valence-electron chi connectivity index (χ4n) is 2.26. The first-order valence-corrected chi connectivity index (χ1v) is 8.35. The highest BCUT2D eigenvalue weighted by atomic mass is 79.9. The molecule has 4 nitrogen and oxygen atoms in total. The molecular formula is C17H20BrClN4. The molecule has 0 radical (unpaired) electrons. The number of aryl methyl sites for hydroxylation is 2. The molecule has 2 aromatic rings. The number of nitrogens with zero attached hydrogens (tertiary/aromatic N) is 2. The number of anilines is 2. The number of hydrogen-bond donors (Lipinski definition) is 2. The van der Waals surface area contributed by atoms with Gasteiger partial charge in [-0.1, -0.05) is 27.5 Å². The Bertz CT molecular complexity index is 731. The molecule has 2 aromatic carbocycles. The van der Waals surface area contributed by atoms with Crippen molar-refractivity contribution in [2.75, 3.05) is 23.9 Å². The topological polar surface area (TPSA) is 53.6 Å². The quantitative estimate of drug-likeness (QED) is 0.590. The molecule has 0 bridgehead atoms. The first kappa shape index (κ1) is 17.6. The monoisotopic (exact) mass is 394 g/mol. The molecule has 0 atom stereocenters. The van der Waals surface area contributed by atoms with E-state index in [-0.39, 0.29) is 0 Å². The summed E-state index contributed by atoms with van der Waals surface area (Å²) in [4.78, 5) is 6.24. The van der Waals surface area contributed by atoms with Gasteiger partial charge >= 0.3 is 0 Å². The molecule has 3 N–H and O–H groups in total. The van der Waals surface area contributed by atoms with Crippen LogP contribution in [0.25, 0.3) is 0 Å². The maximum atomic E-state index is 6.08. The number of rotatable bonds is 4. The SMILES string of the molecule is Cc1cc(Br)ccc1NCN=C(N)N(C)c1ccc(Cl)cc1C. The number of hydrogen-bond acceptors (Lipinski definition) is 2. The van der Waals surface area contributed by atoms with E-state index in [1.54, 1.807) is 0 Å². The molecule has 23 heavy (non-hydrogen) atoms. The molecule has 122 valence electrons. The minimum absolute atomic E-state index is 0.408. The normalized spacial score (nSPS) is 11.4. The Hall–Kier alpha value is -1.72. The molecule has 0 aliphatic carbocycles. The van der Waals surface area contributed by atoms with Crippen LogP contribution < -0.4 is 16.0 Å². The Labute approximate surface area is 150 Å². The van der Waals surface area contributed by atoms with Crippen LogP contribution in [0.5, 0.6) is 0 Å². The Kier molecular flexibility index (Phi) is 5.91. The van der Waals surface area contributed by atoms with Gasteiger partial charge in [-0.15, -0.1) is 0 Å². The molecule has 2 rings (SSSR count). The second-order valence-electron chi connectivity index (χ2n) is 5.30. The lowest BCUT2D eigenvalue weighted by Crippen LogP contribution is -2.35. The van der Waals surface area contributed by atoms with Crippen LogP contribution in [-0.2, 0) is 0 Å². The zero-order valence-corrected chi connectivity index (χ0v) is 15.7. The smallest absolute Gasteiger partial charge is 0.197 e. The number of guanidine groups is 1. The van der Waals surface area contributed by atoms with Gasteiger partial charge in [0.1, 0.15) is 6.67 Å². The van der Waals surface area contributed by atoms with Crippen molar-refractivity contribution in [3.05, 3.63) is 57.0 Å². The van der Waals surface area contributed by atoms with E-state index in [0.717, 1.165) is 27.0 Å². The minimum atomic E-state index is 0.408. The van der Waals surface area contributed by atoms with E-state index in [9.17, 15) is 0 Å². The summed E-state index contributed by atoms with van der Waals surface area (Å²) < 4.78 is 1.06. The van der Waals surface area contributed by atoms with Crippen LogP contribution in [0.1, 0.15) is 11.1 Å². The maximum Gasteiger partial charge on any atom is 0.197 e. The standard InChI is InChI=1S/C17H20BrClN4/c1-11-8-13(18)4-6-15(11)21-10-22-17(20)23(3)16-7-5-14(19)9-12(16)2/h4-9,21H,10H2,1-3H3,(H2,20,22). The van der Waals surface area contributed by atoms with Gasteiger partial charge < -0.3 is 16.0 Å². The molecule has 0 aliphatic heterocycles. The Balaban J connectivity index is 2.04. The molecule has 0 aliphatic rings. The maximum absolute atomic E-state index is 6.08. The zero-order valence-electron chi connectivity index (χ0n) is 13.4. The Morgan fingerprint density at radius 1 is 1.22 bits per heavy atom. The zero-order chi connectivity index (χ0) is 17.0. The summed E-state index contributed by atoms with van der Waals surface area (Å²) in [6.07, 6.45) is 0. The van der Waals surface area contributed by atoms with Gasteiger partial charge in [-0.25, -0.2) is 4.99 Å². The lowest BCUT2D eigenvalue weighted by Gasteiger charge is -2.20. The number of aliphatic imine (C=N–C) groups is 1. The van der Waals surface area contributed by atoms with Gasteiger partial charge in [0.2, 0.25) is 0 Å². The first-order valence-electron chi connectivity index (χ1n) is 7.18. The summed E-state index contributed by atoms with van der Waals surface area (Å²) >= 11 is 9.44. The fourth-order valence-corrected chi connectivity index (χ4v) is 2.96. The summed E-state index contributed by atoms with van der Waals surface area (Å²) in [5.74, 6) is 0.442. The van der Waals surface area contributed by atoms with E-state index in [4.69, 9.17) is 17.3 Å². The van der Waals surface area contributed by atoms with Crippen LogP contribution in [0.4, 0.5) is 11.4 Å². The van der Waals surface area contributed by atoms with Gasteiger partial charge in [0.05, 0.1) is 0 Å². The second kappa shape index (κ2) is 7.70. The van der Waals surface area contributed by atoms with Crippen LogP contribution in [0, 0.1) is 13.8 Å². The fraction of sp³-hybridized carbons (Fsp3) is 0.235. The average Bonchev–Trinajstić information content (AvgIpc) is 2.48. The van der Waals surface area contributed by atoms with E-state index in [2.05, 4.69) is 32.3 Å². The van der Waals surface area contributed by atoms with Gasteiger partial charge in [0.15, 0.2) is 5.96 Å². The highest BCUT2D eigenvalue weighted by molar-refractivity contribution is 9.10. The van der Waals surface area contributed by atoms with Gasteiger partial charge in [-0.3, -0.25) is 0 Å². The van der Waals surface area contributed by atoms with E-state index >= 15 is 0 Å². The van der Waals surface area contributed by atoms with Crippen molar-refractivity contribution in [2.24, 2.45) is 10.7 Å². The van der Waals surface area contributed by atoms with E-state index in [1.807, 2.05) is 56.1 Å². The van der Waals surface area contributed by atoms with Crippen LogP contribution in [0.3, 0.4) is 0 Å². The van der Waals surface area contributed by atoms with Gasteiger partial charge in [-0.05, 0) is 61.4 Å². The highest BCUT2D eigenvalue weighted by Gasteiger charge is 2.08. The average molecular weight is 396 g/mol. The highest BCUT2D eigenvalue weighted by Crippen LogP contribution is 2.22. The molecule has 0 fully saturated rings. The van der Waals surface area contributed by atoms with Crippen molar-refractivity contribution in [3.8, 4) is 0 Å². The van der Waals surface area contributed by atoms with Crippen LogP contribution in [0.2, 0.25) is 5.02 Å². The van der Waals surface area contributed by atoms with Gasteiger partial charge in [-0.2, -0.15) is 0 Å². The summed E-state index contributed by atoms with van der Waals surface area (Å²) in [7, 11) is 1.89. The summed E-state index contributed by atoms with van der Waals surface area (Å²) in [5, 5.41) is 3.98. The summed E-state index contributed by atoms with van der Waals surface area (Å²) in [6.45, 7) is 4.45. The molecule has 0 amide bonds. The second-order valence-corrected chi connectivity index (χ2v) is 6.65. The molecule has 6 heteroatoms. The molecule has 0 unspecified atom stereocenters. The van der Waals surface area contributed by atoms with Crippen LogP contribution in [-0.4, -0.2) is 19.7 Å². The third-order valence-electron chi connectivity index (χ3n) is 3.56. The third-order valence-corrected chi connectivity index (χ3v) is 4.29. The number of benzene rings is 2. The Morgan fingerprint density at radius 3 is 2.61 bits per heavy atom. The van der Waals surface area contributed by atoms with Crippen molar-refractivity contribution < 1.29 is 0 Å². The molecule has 0 saturated carbocycles. The predicted molar refractivity (Wildman–Crippen MR) is 104 cm³/mol. The largest absolute Gasteiger partial charge is 0.369 e. The third kappa shape index (κ3) is 4.62. The van der Waals surface area contributed by atoms with Crippen molar-refractivity contribution in [3.63, 3.8) is 0 Å². The van der Waals surface area contributed by atoms with Crippen molar-refractivity contribution >= 4 is 44.9 Å².